The van der Waals surface area contributed by atoms with Crippen LogP contribution in [0.4, 0.5) is 0 Å². The van der Waals surface area contributed by atoms with Gasteiger partial charge in [-0.15, -0.1) is 0 Å². The van der Waals surface area contributed by atoms with Crippen molar-refractivity contribution < 1.29 is 4.79 Å². The predicted octanol–water partition coefficient (Wildman–Crippen LogP) is 2.33. The molecule has 0 radical (unpaired) electrons. The van der Waals surface area contributed by atoms with Crippen LogP contribution in [-0.4, -0.2) is 22.8 Å². The summed E-state index contributed by atoms with van der Waals surface area (Å²) in [5, 5.41) is 17.9. The lowest BCUT2D eigenvalue weighted by Crippen LogP contribution is -2.27. The summed E-state index contributed by atoms with van der Waals surface area (Å²) >= 11 is 0. The van der Waals surface area contributed by atoms with Crippen molar-refractivity contribution in [1.82, 2.24) is 9.88 Å². The molecule has 0 atom stereocenters. The van der Waals surface area contributed by atoms with Gasteiger partial charge in [-0.1, -0.05) is 12.1 Å². The molecule has 1 N–H and O–H groups in total. The van der Waals surface area contributed by atoms with Gasteiger partial charge in [-0.2, -0.15) is 10.5 Å². The van der Waals surface area contributed by atoms with Crippen molar-refractivity contribution in [3.05, 3.63) is 68.1 Å². The largest absolute Gasteiger partial charge is 0.341 e. The number of hydrogen-bond donors (Lipinski definition) is 1. The third kappa shape index (κ3) is 4.17. The maximum absolute atomic E-state index is 12.4. The van der Waals surface area contributed by atoms with Crippen molar-refractivity contribution in [2.75, 3.05) is 7.05 Å². The summed E-state index contributed by atoms with van der Waals surface area (Å²) in [6.07, 6.45) is 0.741. The van der Waals surface area contributed by atoms with Gasteiger partial charge in [0.25, 0.3) is 5.56 Å². The monoisotopic (exact) mass is 348 g/mol. The number of rotatable bonds is 5. The fraction of sp³-hybridized carbons (Fsp3) is 0.300. The number of hydrogen-bond acceptors (Lipinski definition) is 4. The molecule has 0 unspecified atom stereocenters. The smallest absolute Gasteiger partial charge is 0.266 e. The molecule has 2 aromatic rings. The number of nitrogens with zero attached hydrogens (tertiary/aromatic N) is 3. The Bertz CT molecular complexity index is 960. The normalized spacial score (nSPS) is 10.0. The SMILES string of the molecule is Cc1[nH]c(=O)c(C#N)c(C)c1CCC(=O)N(C)Cc1ccc(C#N)cc1. The van der Waals surface area contributed by atoms with Gasteiger partial charge in [0, 0.05) is 25.7 Å². The Morgan fingerprint density at radius 3 is 2.38 bits per heavy atom. The highest BCUT2D eigenvalue weighted by molar-refractivity contribution is 5.76. The van der Waals surface area contributed by atoms with Crippen LogP contribution in [-0.2, 0) is 17.8 Å². The number of carbonyl (C=O) groups excluding carboxylic acids is 1. The summed E-state index contributed by atoms with van der Waals surface area (Å²) in [5.41, 5.74) is 3.40. The van der Waals surface area contributed by atoms with Gasteiger partial charge < -0.3 is 9.88 Å². The van der Waals surface area contributed by atoms with Gasteiger partial charge in [-0.3, -0.25) is 9.59 Å². The minimum Gasteiger partial charge on any atom is -0.341 e. The quantitative estimate of drug-likeness (QED) is 0.896. The number of pyridine rings is 1. The van der Waals surface area contributed by atoms with E-state index in [0.29, 0.717) is 29.8 Å². The van der Waals surface area contributed by atoms with Gasteiger partial charge in [-0.25, -0.2) is 0 Å². The number of amides is 1. The van der Waals surface area contributed by atoms with E-state index in [-0.39, 0.29) is 17.9 Å². The molecule has 0 saturated carbocycles. The first-order valence-corrected chi connectivity index (χ1v) is 8.22. The number of carbonyl (C=O) groups is 1. The zero-order valence-electron chi connectivity index (χ0n) is 15.1. The molecule has 26 heavy (non-hydrogen) atoms. The number of aromatic nitrogens is 1. The number of benzene rings is 1. The predicted molar refractivity (Wildman–Crippen MR) is 97.2 cm³/mol. The van der Waals surface area contributed by atoms with Crippen LogP contribution in [0.3, 0.4) is 0 Å². The van der Waals surface area contributed by atoms with Crippen LogP contribution < -0.4 is 5.56 Å². The van der Waals surface area contributed by atoms with E-state index in [1.807, 2.05) is 18.2 Å². The van der Waals surface area contributed by atoms with E-state index in [9.17, 15) is 9.59 Å². The summed E-state index contributed by atoms with van der Waals surface area (Å²) in [7, 11) is 1.73. The second-order valence-electron chi connectivity index (χ2n) is 6.23. The van der Waals surface area contributed by atoms with E-state index in [0.717, 1.165) is 11.1 Å². The highest BCUT2D eigenvalue weighted by Crippen LogP contribution is 2.16. The minimum absolute atomic E-state index is 0.0298. The van der Waals surface area contributed by atoms with E-state index in [2.05, 4.69) is 11.1 Å². The van der Waals surface area contributed by atoms with Crippen molar-refractivity contribution in [2.24, 2.45) is 0 Å². The fourth-order valence-electron chi connectivity index (χ4n) is 2.89. The number of nitriles is 2. The Balaban J connectivity index is 2.05. The molecule has 6 nitrogen and oxygen atoms in total. The topological polar surface area (TPSA) is 101 Å². The summed E-state index contributed by atoms with van der Waals surface area (Å²) in [5.74, 6) is -0.0298. The first-order chi connectivity index (χ1) is 12.4. The Labute approximate surface area is 152 Å². The molecule has 6 heteroatoms. The van der Waals surface area contributed by atoms with Crippen LogP contribution in [0, 0.1) is 36.5 Å². The van der Waals surface area contributed by atoms with E-state index in [1.165, 1.54) is 0 Å². The Morgan fingerprint density at radius 2 is 1.81 bits per heavy atom. The number of aromatic amines is 1. The third-order valence-corrected chi connectivity index (χ3v) is 4.44. The Morgan fingerprint density at radius 1 is 1.15 bits per heavy atom. The molecular weight excluding hydrogens is 328 g/mol. The third-order valence-electron chi connectivity index (χ3n) is 4.44. The van der Waals surface area contributed by atoms with Gasteiger partial charge >= 0.3 is 0 Å². The average Bonchev–Trinajstić information content (AvgIpc) is 2.62. The van der Waals surface area contributed by atoms with Crippen LogP contribution in [0.2, 0.25) is 0 Å². The second-order valence-corrected chi connectivity index (χ2v) is 6.23. The minimum atomic E-state index is -0.393. The van der Waals surface area contributed by atoms with Crippen molar-refractivity contribution in [2.45, 2.75) is 33.2 Å². The zero-order valence-corrected chi connectivity index (χ0v) is 15.1. The van der Waals surface area contributed by atoms with Crippen LogP contribution in [0.15, 0.2) is 29.1 Å². The van der Waals surface area contributed by atoms with Crippen LogP contribution in [0.1, 0.15) is 39.9 Å². The zero-order chi connectivity index (χ0) is 19.3. The summed E-state index contributed by atoms with van der Waals surface area (Å²) in [4.78, 5) is 28.5. The maximum Gasteiger partial charge on any atom is 0.266 e. The Hall–Kier alpha value is -3.38. The molecule has 0 aliphatic heterocycles. The first kappa shape index (κ1) is 19.0. The van der Waals surface area contributed by atoms with Gasteiger partial charge in [0.1, 0.15) is 11.6 Å². The first-order valence-electron chi connectivity index (χ1n) is 8.22. The fourth-order valence-corrected chi connectivity index (χ4v) is 2.89. The Kier molecular flexibility index (Phi) is 5.93. The van der Waals surface area contributed by atoms with Gasteiger partial charge in [-0.05, 0) is 49.1 Å². The molecule has 0 saturated heterocycles. The van der Waals surface area contributed by atoms with Gasteiger partial charge in [0.05, 0.1) is 11.6 Å². The molecule has 1 heterocycles. The molecule has 0 bridgehead atoms. The molecule has 1 aromatic carbocycles. The summed E-state index contributed by atoms with van der Waals surface area (Å²) < 4.78 is 0. The van der Waals surface area contributed by atoms with Gasteiger partial charge in [0.2, 0.25) is 5.91 Å². The molecule has 0 aliphatic carbocycles. The van der Waals surface area contributed by atoms with Crippen molar-refractivity contribution in [3.63, 3.8) is 0 Å². The number of nitrogens with one attached hydrogen (secondary N) is 1. The van der Waals surface area contributed by atoms with E-state index < -0.39 is 5.56 Å². The standard InChI is InChI=1S/C20H20N4O2/c1-13-17(14(2)23-20(26)18(13)11-22)8-9-19(25)24(3)12-16-6-4-15(10-21)5-7-16/h4-7H,8-9,12H2,1-3H3,(H,23,26). The molecular formula is C20H20N4O2. The molecule has 1 aromatic heterocycles. The lowest BCUT2D eigenvalue weighted by molar-refractivity contribution is -0.130. The van der Waals surface area contributed by atoms with Crippen molar-refractivity contribution in [1.29, 1.82) is 10.5 Å². The maximum atomic E-state index is 12.4. The lowest BCUT2D eigenvalue weighted by atomic mass is 9.99. The molecule has 2 rings (SSSR count). The van der Waals surface area contributed by atoms with Crippen molar-refractivity contribution in [3.8, 4) is 12.1 Å². The van der Waals surface area contributed by atoms with Crippen LogP contribution >= 0.6 is 0 Å². The highest BCUT2D eigenvalue weighted by Gasteiger charge is 2.15. The molecule has 0 fully saturated rings. The molecule has 132 valence electrons. The lowest BCUT2D eigenvalue weighted by Gasteiger charge is -2.18. The number of H-pyrrole nitrogens is 1. The highest BCUT2D eigenvalue weighted by atomic mass is 16.2. The summed E-state index contributed by atoms with van der Waals surface area (Å²) in [6, 6.07) is 11.1. The van der Waals surface area contributed by atoms with E-state index in [1.54, 1.807) is 37.9 Å². The van der Waals surface area contributed by atoms with Crippen LogP contribution in [0.25, 0.3) is 0 Å². The average molecular weight is 348 g/mol. The molecule has 0 aliphatic rings. The van der Waals surface area contributed by atoms with E-state index in [4.69, 9.17) is 10.5 Å². The molecule has 0 spiro atoms. The van der Waals surface area contributed by atoms with Gasteiger partial charge in [0.15, 0.2) is 0 Å². The summed E-state index contributed by atoms with van der Waals surface area (Å²) in [6.45, 7) is 3.97. The van der Waals surface area contributed by atoms with E-state index >= 15 is 0 Å². The van der Waals surface area contributed by atoms with Crippen LogP contribution in [0.5, 0.6) is 0 Å². The van der Waals surface area contributed by atoms with Crippen molar-refractivity contribution >= 4 is 5.91 Å². The number of aryl methyl sites for hydroxylation is 1. The molecule has 1 amide bonds. The second kappa shape index (κ2) is 8.13.